The van der Waals surface area contributed by atoms with Crippen molar-refractivity contribution in [3.05, 3.63) is 86.8 Å². The first kappa shape index (κ1) is 21.1. The normalized spacial score (nSPS) is 14.7. The number of carbonyl (C=O) groups is 2. The molecule has 9 nitrogen and oxygen atoms in total. The molecule has 32 heavy (non-hydrogen) atoms. The molecule has 2 aromatic carbocycles. The van der Waals surface area contributed by atoms with Crippen LogP contribution in [-0.2, 0) is 11.3 Å². The Balaban J connectivity index is 1.58. The van der Waals surface area contributed by atoms with Crippen LogP contribution >= 0.6 is 11.6 Å². The molecule has 3 aromatic rings. The van der Waals surface area contributed by atoms with Gasteiger partial charge in [0.25, 0.3) is 11.6 Å². The van der Waals surface area contributed by atoms with Crippen LogP contribution in [0.4, 0.5) is 10.5 Å². The molecule has 0 radical (unpaired) electrons. The first-order valence-corrected chi connectivity index (χ1v) is 9.75. The molecule has 4 rings (SSSR count). The molecule has 2 heterocycles. The van der Waals surface area contributed by atoms with Crippen LogP contribution in [-0.4, -0.2) is 28.9 Å². The lowest BCUT2D eigenvalue weighted by Crippen LogP contribution is -2.30. The van der Waals surface area contributed by atoms with Crippen LogP contribution < -0.4 is 10.1 Å². The van der Waals surface area contributed by atoms with Gasteiger partial charge in [0.05, 0.1) is 24.1 Å². The van der Waals surface area contributed by atoms with E-state index < -0.39 is 16.9 Å². The Morgan fingerprint density at radius 2 is 1.91 bits per heavy atom. The van der Waals surface area contributed by atoms with Crippen LogP contribution in [0.15, 0.2) is 64.7 Å². The molecule has 1 saturated heterocycles. The number of halogens is 1. The first-order valence-electron chi connectivity index (χ1n) is 9.37. The standard InChI is InChI=1S/C22H16ClN3O6/c1-31-19-8-6-15(26(29)30)10-17(19)20-9-7-16(32-20)11-18-21(27)25(22(28)24-18)12-13-2-4-14(23)5-3-13/h2-11H,12H2,1H3,(H,24,28)/b18-11+. The van der Waals surface area contributed by atoms with Crippen molar-refractivity contribution in [1.82, 2.24) is 10.2 Å². The summed E-state index contributed by atoms with van der Waals surface area (Å²) in [4.78, 5) is 36.6. The van der Waals surface area contributed by atoms with Gasteiger partial charge in [0.1, 0.15) is 23.0 Å². The molecule has 1 aliphatic rings. The third kappa shape index (κ3) is 4.19. The van der Waals surface area contributed by atoms with Crippen molar-refractivity contribution in [3.8, 4) is 17.1 Å². The minimum Gasteiger partial charge on any atom is -0.496 e. The Bertz CT molecular complexity index is 1250. The molecule has 1 fully saturated rings. The van der Waals surface area contributed by atoms with E-state index in [0.29, 0.717) is 22.1 Å². The molecule has 0 aliphatic carbocycles. The molecule has 0 saturated carbocycles. The Hall–Kier alpha value is -4.11. The van der Waals surface area contributed by atoms with Gasteiger partial charge in [-0.1, -0.05) is 23.7 Å². The van der Waals surface area contributed by atoms with Crippen molar-refractivity contribution >= 4 is 35.3 Å². The average molecular weight is 454 g/mol. The van der Waals surface area contributed by atoms with Crippen LogP contribution in [0.2, 0.25) is 5.02 Å². The van der Waals surface area contributed by atoms with Gasteiger partial charge >= 0.3 is 6.03 Å². The SMILES string of the molecule is COc1ccc([N+](=O)[O-])cc1-c1ccc(/C=C2/NC(=O)N(Cc3ccc(Cl)cc3)C2=O)o1. The van der Waals surface area contributed by atoms with Crippen molar-refractivity contribution < 1.29 is 23.7 Å². The zero-order chi connectivity index (χ0) is 22.8. The van der Waals surface area contributed by atoms with Crippen LogP contribution in [0.5, 0.6) is 5.75 Å². The van der Waals surface area contributed by atoms with E-state index in [4.69, 9.17) is 20.8 Å². The smallest absolute Gasteiger partial charge is 0.329 e. The van der Waals surface area contributed by atoms with E-state index in [1.54, 1.807) is 36.4 Å². The number of nitrogens with one attached hydrogen (secondary N) is 1. The summed E-state index contributed by atoms with van der Waals surface area (Å²) in [6, 6.07) is 13.6. The van der Waals surface area contributed by atoms with Crippen molar-refractivity contribution in [2.75, 3.05) is 7.11 Å². The highest BCUT2D eigenvalue weighted by Gasteiger charge is 2.33. The second kappa shape index (κ2) is 8.56. The molecule has 1 aliphatic heterocycles. The molecule has 162 valence electrons. The highest BCUT2D eigenvalue weighted by Crippen LogP contribution is 2.35. The van der Waals surface area contributed by atoms with Crippen LogP contribution in [0, 0.1) is 10.1 Å². The van der Waals surface area contributed by atoms with Gasteiger partial charge in [-0.05, 0) is 35.9 Å². The Labute approximate surface area is 187 Å². The number of non-ortho nitro benzene ring substituents is 1. The molecular weight excluding hydrogens is 438 g/mol. The van der Waals surface area contributed by atoms with E-state index >= 15 is 0 Å². The largest absolute Gasteiger partial charge is 0.496 e. The van der Waals surface area contributed by atoms with Gasteiger partial charge in [-0.2, -0.15) is 0 Å². The van der Waals surface area contributed by atoms with E-state index in [0.717, 1.165) is 10.5 Å². The quantitative estimate of drug-likeness (QED) is 0.252. The Morgan fingerprint density at radius 3 is 2.59 bits per heavy atom. The van der Waals surface area contributed by atoms with Gasteiger partial charge in [0, 0.05) is 23.2 Å². The molecule has 0 unspecified atom stereocenters. The fourth-order valence-electron chi connectivity index (χ4n) is 3.21. The minimum absolute atomic E-state index is 0.0517. The van der Waals surface area contributed by atoms with Gasteiger partial charge < -0.3 is 14.5 Å². The number of nitrogens with zero attached hydrogens (tertiary/aromatic N) is 2. The third-order valence-corrected chi connectivity index (χ3v) is 5.04. The summed E-state index contributed by atoms with van der Waals surface area (Å²) in [5.41, 5.74) is 1.07. The summed E-state index contributed by atoms with van der Waals surface area (Å²) in [7, 11) is 1.44. The maximum Gasteiger partial charge on any atom is 0.329 e. The number of rotatable bonds is 6. The minimum atomic E-state index is -0.552. The summed E-state index contributed by atoms with van der Waals surface area (Å²) >= 11 is 5.87. The lowest BCUT2D eigenvalue weighted by atomic mass is 10.1. The van der Waals surface area contributed by atoms with Crippen molar-refractivity contribution in [3.63, 3.8) is 0 Å². The Morgan fingerprint density at radius 1 is 1.16 bits per heavy atom. The van der Waals surface area contributed by atoms with Gasteiger partial charge in [-0.15, -0.1) is 0 Å². The maximum atomic E-state index is 12.7. The number of nitro benzene ring substituents is 1. The van der Waals surface area contributed by atoms with Crippen LogP contribution in [0.1, 0.15) is 11.3 Å². The lowest BCUT2D eigenvalue weighted by Gasteiger charge is -2.11. The lowest BCUT2D eigenvalue weighted by molar-refractivity contribution is -0.384. The average Bonchev–Trinajstić information content (AvgIpc) is 3.35. The first-order chi connectivity index (χ1) is 15.4. The zero-order valence-corrected chi connectivity index (χ0v) is 17.5. The maximum absolute atomic E-state index is 12.7. The predicted octanol–water partition coefficient (Wildman–Crippen LogP) is 4.61. The van der Waals surface area contributed by atoms with E-state index in [-0.39, 0.29) is 23.7 Å². The summed E-state index contributed by atoms with van der Waals surface area (Å²) in [6.07, 6.45) is 1.40. The van der Waals surface area contributed by atoms with Gasteiger partial charge in [-0.3, -0.25) is 19.8 Å². The molecule has 0 atom stereocenters. The molecule has 0 spiro atoms. The summed E-state index contributed by atoms with van der Waals surface area (Å²) in [6.45, 7) is 0.0907. The van der Waals surface area contributed by atoms with Crippen LogP contribution in [0.3, 0.4) is 0 Å². The van der Waals surface area contributed by atoms with E-state index in [1.807, 2.05) is 0 Å². The molecule has 1 aromatic heterocycles. The molecule has 10 heteroatoms. The zero-order valence-electron chi connectivity index (χ0n) is 16.7. The van der Waals surface area contributed by atoms with Gasteiger partial charge in [0.15, 0.2) is 0 Å². The topological polar surface area (TPSA) is 115 Å². The van der Waals surface area contributed by atoms with Gasteiger partial charge in [0.2, 0.25) is 0 Å². The fraction of sp³-hybridized carbons (Fsp3) is 0.0909. The summed E-state index contributed by atoms with van der Waals surface area (Å²) in [5.74, 6) is 0.483. The fourth-order valence-corrected chi connectivity index (χ4v) is 3.33. The number of carbonyl (C=O) groups excluding carboxylic acids is 2. The number of urea groups is 1. The second-order valence-electron chi connectivity index (χ2n) is 6.85. The van der Waals surface area contributed by atoms with Crippen molar-refractivity contribution in [2.24, 2.45) is 0 Å². The number of methoxy groups -OCH3 is 1. The number of hydrogen-bond donors (Lipinski definition) is 1. The van der Waals surface area contributed by atoms with E-state index in [9.17, 15) is 19.7 Å². The van der Waals surface area contributed by atoms with E-state index in [2.05, 4.69) is 5.32 Å². The van der Waals surface area contributed by atoms with Gasteiger partial charge in [-0.25, -0.2) is 4.79 Å². The highest BCUT2D eigenvalue weighted by atomic mass is 35.5. The summed E-state index contributed by atoms with van der Waals surface area (Å²) < 4.78 is 11.0. The van der Waals surface area contributed by atoms with E-state index in [1.165, 1.54) is 31.4 Å². The number of amides is 3. The number of hydrogen-bond acceptors (Lipinski definition) is 6. The molecule has 1 N–H and O–H groups in total. The number of imide groups is 1. The van der Waals surface area contributed by atoms with Crippen molar-refractivity contribution in [2.45, 2.75) is 6.54 Å². The number of ether oxygens (including phenoxy) is 1. The number of nitro groups is 1. The summed E-state index contributed by atoms with van der Waals surface area (Å²) in [5, 5.41) is 14.2. The number of furan rings is 1. The van der Waals surface area contributed by atoms with Crippen LogP contribution in [0.25, 0.3) is 17.4 Å². The molecular formula is C22H16ClN3O6. The highest BCUT2D eigenvalue weighted by molar-refractivity contribution is 6.30. The second-order valence-corrected chi connectivity index (χ2v) is 7.29. The predicted molar refractivity (Wildman–Crippen MR) is 116 cm³/mol. The van der Waals surface area contributed by atoms with Crippen molar-refractivity contribution in [1.29, 1.82) is 0 Å². The Kier molecular flexibility index (Phi) is 5.65. The number of benzene rings is 2. The molecule has 3 amide bonds. The monoisotopic (exact) mass is 453 g/mol. The molecule has 0 bridgehead atoms. The third-order valence-electron chi connectivity index (χ3n) is 4.79.